The molecule has 1 atom stereocenters. The van der Waals surface area contributed by atoms with Crippen molar-refractivity contribution in [3.8, 4) is 0 Å². The fourth-order valence-corrected chi connectivity index (χ4v) is 0.507. The Hall–Kier alpha value is -0.750. The molecule has 0 bridgehead atoms. The molecule has 0 amide bonds. The van der Waals surface area contributed by atoms with Crippen molar-refractivity contribution < 1.29 is 23.2 Å². The number of hydrogen-bond acceptors (Lipinski definition) is 3. The summed E-state index contributed by atoms with van der Waals surface area (Å²) in [5.74, 6) is 0. The minimum atomic E-state index is -4.45. The van der Waals surface area contributed by atoms with Gasteiger partial charge in [-0.25, -0.2) is 4.84 Å². The molecule has 1 aliphatic rings. The fourth-order valence-electron chi connectivity index (χ4n) is 0.507. The largest absolute Gasteiger partial charge is 0.421 e. The highest BCUT2D eigenvalue weighted by molar-refractivity contribution is 4.94. The van der Waals surface area contributed by atoms with Gasteiger partial charge in [-0.15, -0.1) is 5.23 Å². The topological polar surface area (TPSA) is 32.7 Å². The van der Waals surface area contributed by atoms with Crippen LogP contribution in [-0.2, 0) is 4.84 Å². The predicted octanol–water partition coefficient (Wildman–Crippen LogP) is 1.07. The molecule has 1 N–H and O–H groups in total. The Labute approximate surface area is 54.2 Å². The second-order valence-electron chi connectivity index (χ2n) is 1.71. The van der Waals surface area contributed by atoms with Gasteiger partial charge in [-0.05, 0) is 6.08 Å². The molecule has 0 aromatic heterocycles. The first kappa shape index (κ1) is 7.36. The van der Waals surface area contributed by atoms with Gasteiger partial charge in [0.1, 0.15) is 0 Å². The summed E-state index contributed by atoms with van der Waals surface area (Å²) in [7, 11) is 0. The zero-order chi connectivity index (χ0) is 7.78. The number of hydrogen-bond donors (Lipinski definition) is 1. The molecule has 1 unspecified atom stereocenters. The molecule has 0 radical (unpaired) electrons. The molecule has 6 heteroatoms. The molecule has 0 fully saturated rings. The lowest BCUT2D eigenvalue weighted by atomic mass is 10.3. The Morgan fingerprint density at radius 3 is 2.30 bits per heavy atom. The van der Waals surface area contributed by atoms with Crippen molar-refractivity contribution >= 4 is 0 Å². The summed E-state index contributed by atoms with van der Waals surface area (Å²) < 4.78 is 34.9. The molecule has 0 saturated heterocycles. The zero-order valence-electron chi connectivity index (χ0n) is 4.67. The van der Waals surface area contributed by atoms with Gasteiger partial charge in [0, 0.05) is 0 Å². The van der Waals surface area contributed by atoms with E-state index in [1.807, 2.05) is 0 Å². The van der Waals surface area contributed by atoms with E-state index in [0.717, 1.165) is 6.20 Å². The van der Waals surface area contributed by atoms with E-state index in [4.69, 9.17) is 5.21 Å². The highest BCUT2D eigenvalue weighted by Gasteiger charge is 2.42. The second-order valence-corrected chi connectivity index (χ2v) is 1.71. The molecule has 0 saturated carbocycles. The summed E-state index contributed by atoms with van der Waals surface area (Å²) in [4.78, 5) is 3.88. The summed E-state index contributed by atoms with van der Waals surface area (Å²) in [5.41, 5.74) is 0. The Bertz CT molecular complexity index is 155. The summed E-state index contributed by atoms with van der Waals surface area (Å²) >= 11 is 0. The Kier molecular flexibility index (Phi) is 1.57. The first-order chi connectivity index (χ1) is 4.50. The van der Waals surface area contributed by atoms with E-state index in [-0.39, 0.29) is 5.23 Å². The van der Waals surface area contributed by atoms with Crippen molar-refractivity contribution in [2.24, 2.45) is 0 Å². The normalized spacial score (nSPS) is 26.0. The van der Waals surface area contributed by atoms with Crippen LogP contribution >= 0.6 is 0 Å². The van der Waals surface area contributed by atoms with E-state index < -0.39 is 12.3 Å². The van der Waals surface area contributed by atoms with Gasteiger partial charge in [-0.3, -0.25) is 5.21 Å². The monoisotopic (exact) mass is 155 g/mol. The summed E-state index contributed by atoms with van der Waals surface area (Å²) in [6.07, 6.45) is -4.97. The lowest BCUT2D eigenvalue weighted by molar-refractivity contribution is -0.348. The maximum Gasteiger partial charge on any atom is 0.421 e. The molecule has 1 aliphatic heterocycles. The third kappa shape index (κ3) is 1.39. The van der Waals surface area contributed by atoms with E-state index in [1.165, 1.54) is 0 Å². The van der Waals surface area contributed by atoms with Crippen LogP contribution in [0.5, 0.6) is 0 Å². The van der Waals surface area contributed by atoms with Gasteiger partial charge < -0.3 is 0 Å². The van der Waals surface area contributed by atoms with E-state index in [2.05, 4.69) is 4.84 Å². The molecule has 10 heavy (non-hydrogen) atoms. The second kappa shape index (κ2) is 2.14. The van der Waals surface area contributed by atoms with Crippen LogP contribution < -0.4 is 0 Å². The van der Waals surface area contributed by atoms with Crippen molar-refractivity contribution in [3.05, 3.63) is 12.3 Å². The lowest BCUT2D eigenvalue weighted by Gasteiger charge is -2.13. The number of halogens is 3. The number of alkyl halides is 3. The quantitative estimate of drug-likeness (QED) is 0.567. The van der Waals surface area contributed by atoms with Crippen molar-refractivity contribution in [2.45, 2.75) is 12.3 Å². The first-order valence-corrected chi connectivity index (χ1v) is 2.40. The van der Waals surface area contributed by atoms with Crippen molar-refractivity contribution in [1.82, 2.24) is 5.23 Å². The van der Waals surface area contributed by atoms with Gasteiger partial charge in [0.2, 0.25) is 6.10 Å². The molecule has 0 aliphatic carbocycles. The Morgan fingerprint density at radius 1 is 1.50 bits per heavy atom. The van der Waals surface area contributed by atoms with Gasteiger partial charge in [-0.1, -0.05) is 0 Å². The minimum absolute atomic E-state index is 0.0259. The summed E-state index contributed by atoms with van der Waals surface area (Å²) in [6.45, 7) is 0. The molecular formula is C4H4F3NO2. The van der Waals surface area contributed by atoms with E-state index in [9.17, 15) is 13.2 Å². The molecule has 0 spiro atoms. The molecule has 1 rings (SSSR count). The molecule has 0 aromatic rings. The molecule has 1 heterocycles. The highest BCUT2D eigenvalue weighted by atomic mass is 19.4. The van der Waals surface area contributed by atoms with Crippen LogP contribution in [0.1, 0.15) is 0 Å². The lowest BCUT2D eigenvalue weighted by Crippen LogP contribution is -2.29. The van der Waals surface area contributed by atoms with Crippen LogP contribution in [0.25, 0.3) is 0 Å². The van der Waals surface area contributed by atoms with Crippen LogP contribution in [0.2, 0.25) is 0 Å². The summed E-state index contributed by atoms with van der Waals surface area (Å²) in [5, 5.41) is 8.31. The third-order valence-electron chi connectivity index (χ3n) is 0.933. The van der Waals surface area contributed by atoms with Crippen LogP contribution in [-0.4, -0.2) is 22.7 Å². The number of rotatable bonds is 0. The average molecular weight is 155 g/mol. The van der Waals surface area contributed by atoms with Gasteiger partial charge in [0.15, 0.2) is 0 Å². The molecule has 0 aromatic carbocycles. The van der Waals surface area contributed by atoms with Crippen LogP contribution in [0.3, 0.4) is 0 Å². The van der Waals surface area contributed by atoms with Crippen molar-refractivity contribution in [3.63, 3.8) is 0 Å². The maximum atomic E-state index is 11.6. The molecular weight excluding hydrogens is 151 g/mol. The van der Waals surface area contributed by atoms with Crippen LogP contribution in [0, 0.1) is 0 Å². The van der Waals surface area contributed by atoms with Gasteiger partial charge in [0.05, 0.1) is 6.20 Å². The third-order valence-corrected chi connectivity index (χ3v) is 0.933. The van der Waals surface area contributed by atoms with Crippen LogP contribution in [0.4, 0.5) is 13.2 Å². The smallest absolute Gasteiger partial charge is 0.264 e. The SMILES string of the molecule is ON1C=CC(C(F)(F)F)O1. The Balaban J connectivity index is 2.55. The first-order valence-electron chi connectivity index (χ1n) is 2.40. The van der Waals surface area contributed by atoms with Gasteiger partial charge >= 0.3 is 6.18 Å². The van der Waals surface area contributed by atoms with Crippen molar-refractivity contribution in [1.29, 1.82) is 0 Å². The summed E-state index contributed by atoms with van der Waals surface area (Å²) in [6, 6.07) is 0. The molecule has 58 valence electrons. The highest BCUT2D eigenvalue weighted by Crippen LogP contribution is 2.27. The number of hydroxylamine groups is 2. The average Bonchev–Trinajstić information content (AvgIpc) is 2.11. The van der Waals surface area contributed by atoms with E-state index in [0.29, 0.717) is 6.08 Å². The fraction of sp³-hybridized carbons (Fsp3) is 0.500. The Morgan fingerprint density at radius 2 is 2.10 bits per heavy atom. The molecule has 3 nitrogen and oxygen atoms in total. The van der Waals surface area contributed by atoms with E-state index in [1.54, 1.807) is 0 Å². The van der Waals surface area contributed by atoms with Gasteiger partial charge in [-0.2, -0.15) is 13.2 Å². The van der Waals surface area contributed by atoms with Crippen molar-refractivity contribution in [2.75, 3.05) is 0 Å². The standard InChI is InChI=1S/C4H4F3NO2/c5-4(6,7)3-1-2-8(9)10-3/h1-3,9H. The predicted molar refractivity (Wildman–Crippen MR) is 23.7 cm³/mol. The maximum absolute atomic E-state index is 11.6. The van der Waals surface area contributed by atoms with E-state index >= 15 is 0 Å². The number of nitrogens with zero attached hydrogens (tertiary/aromatic N) is 1. The van der Waals surface area contributed by atoms with Gasteiger partial charge in [0.25, 0.3) is 0 Å². The van der Waals surface area contributed by atoms with Crippen LogP contribution in [0.15, 0.2) is 12.3 Å². The minimum Gasteiger partial charge on any atom is -0.264 e. The zero-order valence-corrected chi connectivity index (χ0v) is 4.67.